The largest absolute Gasteiger partial charge is 0.467 e. The van der Waals surface area contributed by atoms with Crippen molar-refractivity contribution in [1.29, 1.82) is 0 Å². The molecule has 2 aromatic carbocycles. The van der Waals surface area contributed by atoms with Gasteiger partial charge in [0.1, 0.15) is 11.3 Å². The fourth-order valence-electron chi connectivity index (χ4n) is 4.32. The van der Waals surface area contributed by atoms with Crippen LogP contribution in [0.5, 0.6) is 0 Å². The summed E-state index contributed by atoms with van der Waals surface area (Å²) < 4.78 is 7.25. The normalized spacial score (nSPS) is 14.7. The summed E-state index contributed by atoms with van der Waals surface area (Å²) in [5, 5.41) is 13.1. The first kappa shape index (κ1) is 25.7. The lowest BCUT2D eigenvalue weighted by Gasteiger charge is -2.25. The van der Waals surface area contributed by atoms with Gasteiger partial charge >= 0.3 is 6.03 Å². The number of nitro groups is 1. The lowest BCUT2D eigenvalue weighted by Crippen LogP contribution is -2.53. The van der Waals surface area contributed by atoms with Gasteiger partial charge in [0.25, 0.3) is 17.5 Å². The second kappa shape index (κ2) is 10.5. The van der Waals surface area contributed by atoms with Crippen LogP contribution in [0.15, 0.2) is 92.8 Å². The molecule has 1 aliphatic rings. The number of nitrogens with one attached hydrogen (secondary N) is 1. The number of aryl methyl sites for hydroxylation is 1. The number of furan rings is 1. The Morgan fingerprint density at radius 1 is 1.00 bits per heavy atom. The van der Waals surface area contributed by atoms with E-state index < -0.39 is 22.8 Å². The monoisotopic (exact) mass is 542 g/mol. The van der Waals surface area contributed by atoms with Crippen molar-refractivity contribution in [2.75, 3.05) is 0 Å². The summed E-state index contributed by atoms with van der Waals surface area (Å²) in [6.07, 6.45) is 2.94. The maximum atomic E-state index is 13.1. The average molecular weight is 543 g/mol. The fourth-order valence-corrected chi connectivity index (χ4v) is 5.13. The molecule has 4 aromatic rings. The van der Waals surface area contributed by atoms with Gasteiger partial charge in [-0.1, -0.05) is 11.8 Å². The Kier molecular flexibility index (Phi) is 6.90. The number of nitro benzene ring substituents is 1. The van der Waals surface area contributed by atoms with E-state index in [1.54, 1.807) is 24.3 Å². The molecule has 1 N–H and O–H groups in total. The zero-order chi connectivity index (χ0) is 27.7. The minimum atomic E-state index is -0.796. The maximum absolute atomic E-state index is 13.1. The van der Waals surface area contributed by atoms with Crippen molar-refractivity contribution in [3.63, 3.8) is 0 Å². The summed E-state index contributed by atoms with van der Waals surface area (Å²) in [5.41, 5.74) is 3.16. The van der Waals surface area contributed by atoms with E-state index in [9.17, 15) is 24.5 Å². The molecule has 10 nitrogen and oxygen atoms in total. The average Bonchev–Trinajstić information content (AvgIpc) is 3.52. The van der Waals surface area contributed by atoms with Gasteiger partial charge in [-0.2, -0.15) is 0 Å². The van der Waals surface area contributed by atoms with Crippen molar-refractivity contribution < 1.29 is 23.7 Å². The van der Waals surface area contributed by atoms with Gasteiger partial charge in [0, 0.05) is 39.0 Å². The molecule has 0 bridgehead atoms. The number of amides is 4. The van der Waals surface area contributed by atoms with Crippen molar-refractivity contribution >= 4 is 41.4 Å². The number of carbonyl (C=O) groups is 3. The molecule has 0 unspecified atom stereocenters. The molecule has 196 valence electrons. The Balaban J connectivity index is 1.38. The summed E-state index contributed by atoms with van der Waals surface area (Å²) in [4.78, 5) is 51.2. The summed E-state index contributed by atoms with van der Waals surface area (Å²) in [6.45, 7) is 3.71. The number of aromatic nitrogens is 1. The zero-order valence-electron chi connectivity index (χ0n) is 20.9. The summed E-state index contributed by atoms with van der Waals surface area (Å²) >= 11 is 1.49. The third-order valence-corrected chi connectivity index (χ3v) is 7.24. The van der Waals surface area contributed by atoms with Crippen molar-refractivity contribution in [2.24, 2.45) is 0 Å². The predicted octanol–water partition coefficient (Wildman–Crippen LogP) is 5.41. The Bertz CT molecular complexity index is 1620. The number of benzene rings is 2. The second-order valence-corrected chi connectivity index (χ2v) is 9.94. The van der Waals surface area contributed by atoms with Crippen LogP contribution in [-0.4, -0.2) is 32.2 Å². The van der Waals surface area contributed by atoms with Crippen molar-refractivity contribution in [1.82, 2.24) is 14.8 Å². The van der Waals surface area contributed by atoms with Crippen LogP contribution >= 0.6 is 11.8 Å². The van der Waals surface area contributed by atoms with E-state index in [2.05, 4.69) is 5.32 Å². The number of barbiturate groups is 1. The zero-order valence-corrected chi connectivity index (χ0v) is 21.7. The molecule has 1 fully saturated rings. The minimum absolute atomic E-state index is 0.0447. The maximum Gasteiger partial charge on any atom is 0.331 e. The van der Waals surface area contributed by atoms with Crippen LogP contribution in [0.3, 0.4) is 0 Å². The molecule has 3 heterocycles. The highest BCUT2D eigenvalue weighted by Gasteiger charge is 2.36. The van der Waals surface area contributed by atoms with Gasteiger partial charge < -0.3 is 8.98 Å². The number of imide groups is 2. The number of hydrogen-bond donors (Lipinski definition) is 1. The Morgan fingerprint density at radius 3 is 2.28 bits per heavy atom. The molecule has 4 amide bonds. The number of hydrogen-bond acceptors (Lipinski definition) is 7. The standard InChI is InChI=1S/C28H22N4O6S/c1-17-14-19(15-25-26(33)29-28(35)30(27(25)34)16-22-4-3-13-38-22)18(2)31(17)20-5-9-23(10-6-20)39-24-11-7-21(8-12-24)32(36)37/h3-15H,16H2,1-2H3,(H,29,33,35). The molecule has 0 saturated carbocycles. The van der Waals surface area contributed by atoms with Crippen LogP contribution in [-0.2, 0) is 16.1 Å². The number of nitrogens with zero attached hydrogens (tertiary/aromatic N) is 3. The quantitative estimate of drug-likeness (QED) is 0.143. The van der Waals surface area contributed by atoms with Crippen molar-refractivity contribution in [3.05, 3.63) is 111 Å². The second-order valence-electron chi connectivity index (χ2n) is 8.80. The molecule has 0 aliphatic carbocycles. The van der Waals surface area contributed by atoms with Crippen LogP contribution in [0, 0.1) is 24.0 Å². The van der Waals surface area contributed by atoms with Crippen LogP contribution in [0.4, 0.5) is 10.5 Å². The van der Waals surface area contributed by atoms with Crippen molar-refractivity contribution in [3.8, 4) is 5.69 Å². The van der Waals surface area contributed by atoms with E-state index in [-0.39, 0.29) is 17.8 Å². The lowest BCUT2D eigenvalue weighted by atomic mass is 10.1. The third-order valence-electron chi connectivity index (χ3n) is 6.23. The van der Waals surface area contributed by atoms with E-state index >= 15 is 0 Å². The molecule has 2 aromatic heterocycles. The Labute approximate surface area is 227 Å². The molecule has 39 heavy (non-hydrogen) atoms. The van der Waals surface area contributed by atoms with Crippen LogP contribution in [0.1, 0.15) is 22.7 Å². The summed E-state index contributed by atoms with van der Waals surface area (Å²) in [7, 11) is 0. The molecular weight excluding hydrogens is 520 g/mol. The first-order chi connectivity index (χ1) is 18.7. The number of rotatable bonds is 7. The van der Waals surface area contributed by atoms with E-state index in [4.69, 9.17) is 4.42 Å². The first-order valence-corrected chi connectivity index (χ1v) is 12.7. The number of urea groups is 1. The summed E-state index contributed by atoms with van der Waals surface area (Å²) in [5.74, 6) is -1.03. The van der Waals surface area contributed by atoms with Gasteiger partial charge in [-0.25, -0.2) is 4.79 Å². The summed E-state index contributed by atoms with van der Waals surface area (Å²) in [6, 6.07) is 18.6. The number of carbonyl (C=O) groups excluding carboxylic acids is 3. The van der Waals surface area contributed by atoms with E-state index in [1.807, 2.05) is 48.7 Å². The highest BCUT2D eigenvalue weighted by atomic mass is 32.2. The molecule has 0 radical (unpaired) electrons. The Morgan fingerprint density at radius 2 is 1.67 bits per heavy atom. The van der Waals surface area contributed by atoms with Crippen LogP contribution < -0.4 is 5.32 Å². The highest BCUT2D eigenvalue weighted by Crippen LogP contribution is 2.31. The highest BCUT2D eigenvalue weighted by molar-refractivity contribution is 7.99. The van der Waals surface area contributed by atoms with Gasteiger partial charge in [-0.05, 0) is 80.1 Å². The van der Waals surface area contributed by atoms with Crippen LogP contribution in [0.25, 0.3) is 11.8 Å². The molecule has 1 aliphatic heterocycles. The molecule has 0 spiro atoms. The molecule has 11 heteroatoms. The van der Waals surface area contributed by atoms with E-state index in [1.165, 1.54) is 36.2 Å². The molecule has 5 rings (SSSR count). The Hall–Kier alpha value is -4.90. The fraction of sp³-hybridized carbons (Fsp3) is 0.107. The molecular formula is C28H22N4O6S. The minimum Gasteiger partial charge on any atom is -0.467 e. The van der Waals surface area contributed by atoms with Gasteiger partial charge in [0.2, 0.25) is 0 Å². The smallest absolute Gasteiger partial charge is 0.331 e. The third kappa shape index (κ3) is 5.25. The van der Waals surface area contributed by atoms with Gasteiger partial charge in [0.05, 0.1) is 17.7 Å². The lowest BCUT2D eigenvalue weighted by molar-refractivity contribution is -0.384. The van der Waals surface area contributed by atoms with E-state index in [0.717, 1.165) is 31.8 Å². The van der Waals surface area contributed by atoms with Crippen LogP contribution in [0.2, 0.25) is 0 Å². The molecule has 0 atom stereocenters. The van der Waals surface area contributed by atoms with E-state index in [0.29, 0.717) is 11.3 Å². The topological polar surface area (TPSA) is 128 Å². The van der Waals surface area contributed by atoms with Gasteiger partial charge in [-0.3, -0.25) is 29.9 Å². The van der Waals surface area contributed by atoms with Gasteiger partial charge in [-0.15, -0.1) is 0 Å². The van der Waals surface area contributed by atoms with Crippen molar-refractivity contribution in [2.45, 2.75) is 30.2 Å². The molecule has 1 saturated heterocycles. The predicted molar refractivity (Wildman–Crippen MR) is 143 cm³/mol. The van der Waals surface area contributed by atoms with Gasteiger partial charge in [0.15, 0.2) is 0 Å². The SMILES string of the molecule is Cc1cc(C=C2C(=O)NC(=O)N(Cc3ccco3)C2=O)c(C)n1-c1ccc(Sc2ccc([N+](=O)[O-])cc2)cc1. The number of non-ortho nitro benzene ring substituents is 1. The first-order valence-electron chi connectivity index (χ1n) is 11.8.